The molecule has 1 atom stereocenters. The smallest absolute Gasteiger partial charge is 0.255 e. The van der Waals surface area contributed by atoms with Crippen LogP contribution in [0.25, 0.3) is 0 Å². The van der Waals surface area contributed by atoms with E-state index >= 15 is 0 Å². The summed E-state index contributed by atoms with van der Waals surface area (Å²) in [5, 5.41) is 2.94. The highest BCUT2D eigenvalue weighted by molar-refractivity contribution is 6.04. The van der Waals surface area contributed by atoms with Gasteiger partial charge in [-0.15, -0.1) is 0 Å². The Morgan fingerprint density at radius 3 is 2.55 bits per heavy atom. The number of anilines is 1. The largest absolute Gasteiger partial charge is 0.494 e. The van der Waals surface area contributed by atoms with Gasteiger partial charge in [-0.25, -0.2) is 0 Å². The fourth-order valence-electron chi connectivity index (χ4n) is 3.68. The molecule has 0 bridgehead atoms. The van der Waals surface area contributed by atoms with Crippen molar-refractivity contribution in [3.05, 3.63) is 54.1 Å². The Labute approximate surface area is 174 Å². The summed E-state index contributed by atoms with van der Waals surface area (Å²) in [5.74, 6) is 2.24. The third kappa shape index (κ3) is 6.81. The Morgan fingerprint density at radius 2 is 1.83 bits per heavy atom. The fraction of sp³-hybridized carbons (Fsp3) is 0.480. The van der Waals surface area contributed by atoms with Crippen molar-refractivity contribution >= 4 is 11.6 Å². The van der Waals surface area contributed by atoms with Gasteiger partial charge in [-0.2, -0.15) is 0 Å². The highest BCUT2D eigenvalue weighted by atomic mass is 16.5. The first-order chi connectivity index (χ1) is 14.1. The first kappa shape index (κ1) is 21.2. The second kappa shape index (κ2) is 10.9. The first-order valence-electron chi connectivity index (χ1n) is 10.9. The van der Waals surface area contributed by atoms with Gasteiger partial charge in [0.25, 0.3) is 5.91 Å². The Morgan fingerprint density at radius 1 is 1.07 bits per heavy atom. The van der Waals surface area contributed by atoms with E-state index < -0.39 is 0 Å². The fourth-order valence-corrected chi connectivity index (χ4v) is 3.68. The lowest BCUT2D eigenvalue weighted by Gasteiger charge is -2.21. The molecule has 0 heterocycles. The molecule has 0 aromatic heterocycles. The van der Waals surface area contributed by atoms with Crippen molar-refractivity contribution in [2.75, 3.05) is 11.9 Å². The van der Waals surface area contributed by atoms with E-state index in [1.165, 1.54) is 32.1 Å². The van der Waals surface area contributed by atoms with Crippen LogP contribution in [0.1, 0.15) is 69.2 Å². The average Bonchev–Trinajstić information content (AvgIpc) is 2.76. The molecule has 0 aliphatic heterocycles. The number of carbonyl (C=O) groups excluding carboxylic acids is 1. The van der Waals surface area contributed by atoms with E-state index in [4.69, 9.17) is 9.47 Å². The second-order valence-corrected chi connectivity index (χ2v) is 7.98. The molecular weight excluding hydrogens is 362 g/mol. The molecule has 1 aliphatic rings. The van der Waals surface area contributed by atoms with Gasteiger partial charge in [0, 0.05) is 11.3 Å². The lowest BCUT2D eigenvalue weighted by atomic mass is 9.87. The average molecular weight is 396 g/mol. The molecule has 1 unspecified atom stereocenters. The summed E-state index contributed by atoms with van der Waals surface area (Å²) >= 11 is 0. The zero-order chi connectivity index (χ0) is 20.5. The summed E-state index contributed by atoms with van der Waals surface area (Å²) in [6.07, 6.45) is 8.99. The van der Waals surface area contributed by atoms with Crippen molar-refractivity contribution in [2.24, 2.45) is 5.92 Å². The molecule has 2 aromatic rings. The quantitative estimate of drug-likeness (QED) is 0.529. The number of benzene rings is 2. The van der Waals surface area contributed by atoms with Gasteiger partial charge in [0.05, 0.1) is 12.7 Å². The van der Waals surface area contributed by atoms with Crippen molar-refractivity contribution < 1.29 is 14.3 Å². The van der Waals surface area contributed by atoms with Gasteiger partial charge >= 0.3 is 0 Å². The number of amides is 1. The lowest BCUT2D eigenvalue weighted by Crippen LogP contribution is -2.13. The zero-order valence-electron chi connectivity index (χ0n) is 17.7. The Bertz CT molecular complexity index is 766. The minimum absolute atomic E-state index is 0.124. The van der Waals surface area contributed by atoms with Crippen LogP contribution in [0.15, 0.2) is 48.5 Å². The van der Waals surface area contributed by atoms with Crippen LogP contribution < -0.4 is 14.8 Å². The second-order valence-electron chi connectivity index (χ2n) is 7.98. The van der Waals surface area contributed by atoms with Crippen LogP contribution in [0.4, 0.5) is 5.69 Å². The molecule has 3 rings (SSSR count). The predicted molar refractivity (Wildman–Crippen MR) is 118 cm³/mol. The molecule has 0 radical (unpaired) electrons. The molecule has 2 aromatic carbocycles. The summed E-state index contributed by atoms with van der Waals surface area (Å²) in [5.41, 5.74) is 1.33. The van der Waals surface area contributed by atoms with Crippen LogP contribution in [0.3, 0.4) is 0 Å². The third-order valence-corrected chi connectivity index (χ3v) is 5.64. The van der Waals surface area contributed by atoms with Gasteiger partial charge in [0.15, 0.2) is 0 Å². The maximum Gasteiger partial charge on any atom is 0.255 e. The van der Waals surface area contributed by atoms with E-state index in [-0.39, 0.29) is 12.0 Å². The zero-order valence-corrected chi connectivity index (χ0v) is 17.7. The SMILES string of the molecule is CCC(C)Oc1cccc(C(=O)Nc2ccc(OCCC3CCCCC3)cc2)c1. The number of hydrogen-bond donors (Lipinski definition) is 1. The molecule has 156 valence electrons. The van der Waals surface area contributed by atoms with Crippen LogP contribution in [0.5, 0.6) is 11.5 Å². The summed E-state index contributed by atoms with van der Waals surface area (Å²) in [6, 6.07) is 14.9. The molecule has 4 heteroatoms. The van der Waals surface area contributed by atoms with Crippen LogP contribution in [0.2, 0.25) is 0 Å². The first-order valence-corrected chi connectivity index (χ1v) is 10.9. The van der Waals surface area contributed by atoms with Crippen molar-refractivity contribution in [1.29, 1.82) is 0 Å². The molecule has 4 nitrogen and oxygen atoms in total. The molecule has 29 heavy (non-hydrogen) atoms. The van der Waals surface area contributed by atoms with Crippen LogP contribution >= 0.6 is 0 Å². The van der Waals surface area contributed by atoms with Gasteiger partial charge < -0.3 is 14.8 Å². The molecule has 1 saturated carbocycles. The van der Waals surface area contributed by atoms with Crippen molar-refractivity contribution in [1.82, 2.24) is 0 Å². The van der Waals surface area contributed by atoms with E-state index in [0.717, 1.165) is 36.8 Å². The number of rotatable bonds is 9. The molecule has 0 saturated heterocycles. The lowest BCUT2D eigenvalue weighted by molar-refractivity contribution is 0.102. The van der Waals surface area contributed by atoms with Gasteiger partial charge in [0.2, 0.25) is 0 Å². The Kier molecular flexibility index (Phi) is 7.97. The normalized spacial score (nSPS) is 15.5. The summed E-state index contributed by atoms with van der Waals surface area (Å²) in [4.78, 5) is 12.6. The topological polar surface area (TPSA) is 47.6 Å². The molecule has 1 amide bonds. The summed E-state index contributed by atoms with van der Waals surface area (Å²) < 4.78 is 11.7. The Hall–Kier alpha value is -2.49. The Balaban J connectivity index is 1.48. The van der Waals surface area contributed by atoms with Gasteiger partial charge in [-0.3, -0.25) is 4.79 Å². The van der Waals surface area contributed by atoms with Crippen LogP contribution in [-0.2, 0) is 0 Å². The van der Waals surface area contributed by atoms with Gasteiger partial charge in [-0.1, -0.05) is 45.1 Å². The third-order valence-electron chi connectivity index (χ3n) is 5.64. The van der Waals surface area contributed by atoms with Crippen molar-refractivity contribution in [2.45, 2.75) is 64.9 Å². The van der Waals surface area contributed by atoms with Gasteiger partial charge in [0.1, 0.15) is 11.5 Å². The van der Waals surface area contributed by atoms with E-state index in [1.807, 2.05) is 43.3 Å². The summed E-state index contributed by atoms with van der Waals surface area (Å²) in [7, 11) is 0. The molecule has 1 N–H and O–H groups in total. The van der Waals surface area contributed by atoms with Crippen molar-refractivity contribution in [3.8, 4) is 11.5 Å². The summed E-state index contributed by atoms with van der Waals surface area (Å²) in [6.45, 7) is 4.86. The highest BCUT2D eigenvalue weighted by Crippen LogP contribution is 2.26. The van der Waals surface area contributed by atoms with Gasteiger partial charge in [-0.05, 0) is 68.1 Å². The molecule has 1 aliphatic carbocycles. The molecule has 1 fully saturated rings. The van der Waals surface area contributed by atoms with Crippen LogP contribution in [-0.4, -0.2) is 18.6 Å². The minimum atomic E-state index is -0.148. The van der Waals surface area contributed by atoms with E-state index in [0.29, 0.717) is 11.3 Å². The predicted octanol–water partition coefficient (Wildman–Crippen LogP) is 6.47. The van der Waals surface area contributed by atoms with E-state index in [9.17, 15) is 4.79 Å². The van der Waals surface area contributed by atoms with E-state index in [1.54, 1.807) is 12.1 Å². The number of carbonyl (C=O) groups is 1. The van der Waals surface area contributed by atoms with Crippen molar-refractivity contribution in [3.63, 3.8) is 0 Å². The number of ether oxygens (including phenoxy) is 2. The maximum atomic E-state index is 12.6. The highest BCUT2D eigenvalue weighted by Gasteiger charge is 2.13. The standard InChI is InChI=1S/C25H33NO3/c1-3-19(2)29-24-11-7-10-21(18-24)25(27)26-22-12-14-23(15-13-22)28-17-16-20-8-5-4-6-9-20/h7,10-15,18-20H,3-6,8-9,16-17H2,1-2H3,(H,26,27). The monoisotopic (exact) mass is 395 g/mol. The van der Waals surface area contributed by atoms with E-state index in [2.05, 4.69) is 12.2 Å². The maximum absolute atomic E-state index is 12.6. The molecule has 0 spiro atoms. The van der Waals surface area contributed by atoms with Crippen LogP contribution in [0, 0.1) is 5.92 Å². The number of nitrogens with one attached hydrogen (secondary N) is 1. The number of hydrogen-bond acceptors (Lipinski definition) is 3. The minimum Gasteiger partial charge on any atom is -0.494 e. The molecular formula is C25H33NO3.